The van der Waals surface area contributed by atoms with E-state index < -0.39 is 5.41 Å². The number of hydrogen-bond acceptors (Lipinski definition) is 3. The molecule has 252 valence electrons. The molecule has 0 amide bonds. The molecular formula is C51H31NO2. The van der Waals surface area contributed by atoms with Crippen LogP contribution in [0.4, 0.5) is 17.1 Å². The lowest BCUT2D eigenvalue weighted by Gasteiger charge is -2.45. The molecule has 0 fully saturated rings. The molecule has 0 saturated carbocycles. The van der Waals surface area contributed by atoms with Gasteiger partial charge < -0.3 is 14.1 Å². The molecule has 12 rings (SSSR count). The summed E-state index contributed by atoms with van der Waals surface area (Å²) in [7, 11) is 0. The van der Waals surface area contributed by atoms with Gasteiger partial charge in [0.25, 0.3) is 0 Å². The van der Waals surface area contributed by atoms with Gasteiger partial charge in [-0.25, -0.2) is 0 Å². The smallest absolute Gasteiger partial charge is 0.137 e. The normalized spacial score (nSPS) is 13.5. The van der Waals surface area contributed by atoms with Gasteiger partial charge in [-0.3, -0.25) is 0 Å². The van der Waals surface area contributed by atoms with E-state index in [1.807, 2.05) is 0 Å². The summed E-state index contributed by atoms with van der Waals surface area (Å²) in [4.78, 5) is 2.36. The number of benzene rings is 9. The van der Waals surface area contributed by atoms with Crippen LogP contribution in [0.5, 0.6) is 11.5 Å². The summed E-state index contributed by atoms with van der Waals surface area (Å²) in [6, 6.07) is 67.8. The molecule has 0 atom stereocenters. The molecule has 0 N–H and O–H groups in total. The molecule has 1 aliphatic carbocycles. The molecule has 2 aliphatic rings. The Morgan fingerprint density at radius 3 is 1.78 bits per heavy atom. The zero-order valence-electron chi connectivity index (χ0n) is 29.2. The van der Waals surface area contributed by atoms with Crippen molar-refractivity contribution in [1.82, 2.24) is 0 Å². The summed E-state index contributed by atoms with van der Waals surface area (Å²) < 4.78 is 13.3. The van der Waals surface area contributed by atoms with Crippen LogP contribution in [-0.2, 0) is 5.41 Å². The van der Waals surface area contributed by atoms with E-state index >= 15 is 0 Å². The van der Waals surface area contributed by atoms with Crippen molar-refractivity contribution in [2.45, 2.75) is 5.41 Å². The minimum absolute atomic E-state index is 0.627. The second-order valence-electron chi connectivity index (χ2n) is 14.4. The number of furan rings is 1. The summed E-state index contributed by atoms with van der Waals surface area (Å²) in [5, 5.41) is 7.14. The topological polar surface area (TPSA) is 25.6 Å². The van der Waals surface area contributed by atoms with Gasteiger partial charge in [0.2, 0.25) is 0 Å². The zero-order chi connectivity index (χ0) is 35.4. The fourth-order valence-corrected chi connectivity index (χ4v) is 9.43. The fraction of sp³-hybridized carbons (Fsp3) is 0.0196. The van der Waals surface area contributed by atoms with E-state index in [4.69, 9.17) is 9.15 Å². The van der Waals surface area contributed by atoms with Crippen LogP contribution in [0.1, 0.15) is 22.3 Å². The summed E-state index contributed by atoms with van der Waals surface area (Å²) in [5.74, 6) is 1.76. The molecule has 9 aromatic carbocycles. The van der Waals surface area contributed by atoms with Gasteiger partial charge in [0.15, 0.2) is 0 Å². The Labute approximate surface area is 311 Å². The molecule has 1 spiro atoms. The standard InChI is InChI=1S/C51H31NO2/c1-2-16-35(17-3-1)52(37-25-27-39-41-28-33-12-4-5-13-34(33)29-48(41)54-49(39)31-37)36-24-26-38-40-18-10-14-32-15-11-21-44(50(32)40)51(45(38)30-36)42-19-6-8-22-46(42)53-47-23-9-7-20-43(47)51/h1-31H. The predicted octanol–water partition coefficient (Wildman–Crippen LogP) is 13.8. The number of fused-ring (bicyclic) bond motifs is 12. The van der Waals surface area contributed by atoms with E-state index in [9.17, 15) is 0 Å². The molecule has 1 aliphatic heterocycles. The largest absolute Gasteiger partial charge is 0.457 e. The maximum Gasteiger partial charge on any atom is 0.137 e. The van der Waals surface area contributed by atoms with E-state index in [0.717, 1.165) is 61.6 Å². The van der Waals surface area contributed by atoms with E-state index in [1.54, 1.807) is 0 Å². The Morgan fingerprint density at radius 1 is 0.370 bits per heavy atom. The van der Waals surface area contributed by atoms with E-state index in [1.165, 1.54) is 43.8 Å². The number of hydrogen-bond donors (Lipinski definition) is 0. The second-order valence-corrected chi connectivity index (χ2v) is 14.4. The van der Waals surface area contributed by atoms with Gasteiger partial charge in [0.05, 0.1) is 5.41 Å². The minimum Gasteiger partial charge on any atom is -0.457 e. The van der Waals surface area contributed by atoms with Gasteiger partial charge in [0.1, 0.15) is 22.7 Å². The van der Waals surface area contributed by atoms with Crippen molar-refractivity contribution < 1.29 is 9.15 Å². The highest BCUT2D eigenvalue weighted by atomic mass is 16.5. The molecule has 3 nitrogen and oxygen atoms in total. The monoisotopic (exact) mass is 689 g/mol. The number of anilines is 3. The third kappa shape index (κ3) is 3.96. The predicted molar refractivity (Wildman–Crippen MR) is 221 cm³/mol. The van der Waals surface area contributed by atoms with Crippen LogP contribution in [0, 0.1) is 0 Å². The highest BCUT2D eigenvalue weighted by Crippen LogP contribution is 2.61. The lowest BCUT2D eigenvalue weighted by molar-refractivity contribution is 0.435. The Kier molecular flexibility index (Phi) is 5.98. The average Bonchev–Trinajstić information content (AvgIpc) is 3.58. The molecule has 0 radical (unpaired) electrons. The number of rotatable bonds is 3. The molecule has 3 heteroatoms. The number of ether oxygens (including phenoxy) is 1. The van der Waals surface area contributed by atoms with Crippen molar-refractivity contribution in [3.8, 4) is 22.6 Å². The first-order chi connectivity index (χ1) is 26.8. The molecular weight excluding hydrogens is 659 g/mol. The van der Waals surface area contributed by atoms with E-state index in [2.05, 4.69) is 193 Å². The Morgan fingerprint density at radius 2 is 0.981 bits per heavy atom. The fourth-order valence-electron chi connectivity index (χ4n) is 9.43. The lowest BCUT2D eigenvalue weighted by atomic mass is 9.58. The molecule has 0 bridgehead atoms. The Balaban J connectivity index is 1.15. The van der Waals surface area contributed by atoms with Crippen molar-refractivity contribution in [1.29, 1.82) is 0 Å². The average molecular weight is 690 g/mol. The highest BCUT2D eigenvalue weighted by Gasteiger charge is 2.49. The van der Waals surface area contributed by atoms with Crippen LogP contribution in [0.3, 0.4) is 0 Å². The van der Waals surface area contributed by atoms with Gasteiger partial charge in [0, 0.05) is 45.0 Å². The van der Waals surface area contributed by atoms with Crippen LogP contribution < -0.4 is 9.64 Å². The van der Waals surface area contributed by atoms with Gasteiger partial charge in [-0.1, -0.05) is 121 Å². The van der Waals surface area contributed by atoms with Crippen molar-refractivity contribution in [3.63, 3.8) is 0 Å². The molecule has 10 aromatic rings. The first-order valence-electron chi connectivity index (χ1n) is 18.5. The maximum absolute atomic E-state index is 6.69. The van der Waals surface area contributed by atoms with Crippen LogP contribution in [0.2, 0.25) is 0 Å². The number of para-hydroxylation sites is 3. The zero-order valence-corrected chi connectivity index (χ0v) is 29.2. The quantitative estimate of drug-likeness (QED) is 0.185. The first kappa shape index (κ1) is 29.5. The molecule has 2 heterocycles. The van der Waals surface area contributed by atoms with Gasteiger partial charge in [-0.05, 0) is 104 Å². The van der Waals surface area contributed by atoms with E-state index in [-0.39, 0.29) is 0 Å². The minimum atomic E-state index is -0.627. The van der Waals surface area contributed by atoms with Crippen LogP contribution >= 0.6 is 0 Å². The van der Waals surface area contributed by atoms with Crippen molar-refractivity contribution >= 4 is 60.5 Å². The summed E-state index contributed by atoms with van der Waals surface area (Å²) in [6.07, 6.45) is 0. The highest BCUT2D eigenvalue weighted by molar-refractivity contribution is 6.11. The Hall–Kier alpha value is -7.10. The maximum atomic E-state index is 6.69. The van der Waals surface area contributed by atoms with E-state index in [0.29, 0.717) is 0 Å². The molecule has 0 saturated heterocycles. The molecule has 54 heavy (non-hydrogen) atoms. The second kappa shape index (κ2) is 11.0. The molecule has 1 aromatic heterocycles. The van der Waals surface area contributed by atoms with Crippen molar-refractivity contribution in [2.24, 2.45) is 0 Å². The van der Waals surface area contributed by atoms with Crippen LogP contribution in [0.25, 0.3) is 54.6 Å². The van der Waals surface area contributed by atoms with Crippen molar-refractivity contribution in [3.05, 3.63) is 210 Å². The molecule has 0 unspecified atom stereocenters. The third-order valence-corrected chi connectivity index (χ3v) is 11.7. The van der Waals surface area contributed by atoms with Crippen molar-refractivity contribution in [2.75, 3.05) is 4.90 Å². The van der Waals surface area contributed by atoms with Gasteiger partial charge >= 0.3 is 0 Å². The van der Waals surface area contributed by atoms with Gasteiger partial charge in [-0.15, -0.1) is 0 Å². The summed E-state index contributed by atoms with van der Waals surface area (Å²) in [6.45, 7) is 0. The number of nitrogens with zero attached hydrogens (tertiary/aromatic N) is 1. The first-order valence-corrected chi connectivity index (χ1v) is 18.5. The van der Waals surface area contributed by atoms with Gasteiger partial charge in [-0.2, -0.15) is 0 Å². The van der Waals surface area contributed by atoms with Crippen LogP contribution in [0.15, 0.2) is 192 Å². The van der Waals surface area contributed by atoms with Crippen LogP contribution in [-0.4, -0.2) is 0 Å². The summed E-state index contributed by atoms with van der Waals surface area (Å²) in [5.41, 5.74) is 11.5. The summed E-state index contributed by atoms with van der Waals surface area (Å²) >= 11 is 0. The third-order valence-electron chi connectivity index (χ3n) is 11.7. The Bertz CT molecular complexity index is 3110. The SMILES string of the molecule is c1ccc(N(c2ccc3c(c2)C2(c4ccccc4Oc4ccccc42)c2cccc4cccc-3c24)c2ccc3c(c2)oc2cc4ccccc4cc23)cc1. The lowest BCUT2D eigenvalue weighted by Crippen LogP contribution is -2.36.